The summed E-state index contributed by atoms with van der Waals surface area (Å²) in [6.07, 6.45) is 10.3. The lowest BCUT2D eigenvalue weighted by Crippen LogP contribution is -2.33. The molecule has 0 saturated carbocycles. The fourth-order valence-corrected chi connectivity index (χ4v) is 4.80. The monoisotopic (exact) mass is 453 g/mol. The van der Waals surface area contributed by atoms with Gasteiger partial charge in [-0.1, -0.05) is 63.6 Å². The number of nitrogens with one attached hydrogen (secondary N) is 1. The van der Waals surface area contributed by atoms with E-state index in [0.717, 1.165) is 72.5 Å². The van der Waals surface area contributed by atoms with Gasteiger partial charge < -0.3 is 10.2 Å². The van der Waals surface area contributed by atoms with Crippen molar-refractivity contribution in [3.63, 3.8) is 0 Å². The van der Waals surface area contributed by atoms with Crippen LogP contribution < -0.4 is 5.32 Å². The first-order valence-corrected chi connectivity index (χ1v) is 12.9. The average Bonchev–Trinajstić information content (AvgIpc) is 2.81. The minimum atomic E-state index is 0.794. The lowest BCUT2D eigenvalue weighted by molar-refractivity contribution is 0.364. The molecule has 0 spiro atoms. The summed E-state index contributed by atoms with van der Waals surface area (Å²) in [6, 6.07) is 6.45. The molecule has 0 amide bonds. The predicted molar refractivity (Wildman–Crippen MR) is 140 cm³/mol. The van der Waals surface area contributed by atoms with Crippen LogP contribution in [0.5, 0.6) is 0 Å². The van der Waals surface area contributed by atoms with Crippen LogP contribution in [-0.4, -0.2) is 36.1 Å². The Morgan fingerprint density at radius 1 is 1.09 bits per heavy atom. The molecule has 1 aromatic carbocycles. The quantitative estimate of drug-likeness (QED) is 0.325. The number of hydrogen-bond acceptors (Lipinski definition) is 3. The van der Waals surface area contributed by atoms with Gasteiger partial charge in [0.1, 0.15) is 0 Å². The predicted octanol–water partition coefficient (Wildman–Crippen LogP) is 7.18. The van der Waals surface area contributed by atoms with Crippen molar-refractivity contribution in [3.05, 3.63) is 58.9 Å². The summed E-state index contributed by atoms with van der Waals surface area (Å²) in [5, 5.41) is 5.52. The topological polar surface area (TPSA) is 28.2 Å². The molecule has 3 rings (SSSR count). The molecule has 1 aliphatic rings. The first-order chi connectivity index (χ1) is 15.5. The van der Waals surface area contributed by atoms with Crippen LogP contribution in [0.4, 0.5) is 0 Å². The Kier molecular flexibility index (Phi) is 9.62. The Labute approximate surface area is 199 Å². The fourth-order valence-electron chi connectivity index (χ4n) is 4.44. The SMILES string of the molecule is C=C(CN(CCNCCCC)C(=C)CCCC)c1ccc2c(Cl)c3c(nc2c1)CCCC3. The molecular formula is C28H40ClN3. The number of aromatic nitrogens is 1. The van der Waals surface area contributed by atoms with Crippen LogP contribution in [0.25, 0.3) is 16.5 Å². The third kappa shape index (κ3) is 6.36. The van der Waals surface area contributed by atoms with Crippen LogP contribution in [0.15, 0.2) is 37.1 Å². The highest BCUT2D eigenvalue weighted by Gasteiger charge is 2.18. The number of allylic oxidation sites excluding steroid dienone is 1. The second-order valence-electron chi connectivity index (χ2n) is 9.09. The van der Waals surface area contributed by atoms with Crippen molar-refractivity contribution < 1.29 is 0 Å². The highest BCUT2D eigenvalue weighted by Crippen LogP contribution is 2.34. The van der Waals surface area contributed by atoms with Crippen molar-refractivity contribution in [2.24, 2.45) is 0 Å². The first kappa shape index (κ1) is 24.8. The molecule has 0 aliphatic heterocycles. The van der Waals surface area contributed by atoms with E-state index >= 15 is 0 Å². The molecule has 0 unspecified atom stereocenters. The van der Waals surface area contributed by atoms with Gasteiger partial charge >= 0.3 is 0 Å². The second-order valence-corrected chi connectivity index (χ2v) is 9.47. The van der Waals surface area contributed by atoms with Crippen LogP contribution in [0.3, 0.4) is 0 Å². The molecule has 2 aromatic rings. The van der Waals surface area contributed by atoms with Crippen molar-refractivity contribution in [1.82, 2.24) is 15.2 Å². The molecule has 0 atom stereocenters. The standard InChI is InChI=1S/C28H40ClN3/c1-5-7-11-22(4)32(18-17-30-16-8-6-2)20-21(3)23-14-15-25-27(19-23)31-26-13-10-9-12-24(26)28(25)29/h14-15,19,30H,3-13,16-18,20H2,1-2H3. The number of aryl methyl sites for hydroxylation is 1. The summed E-state index contributed by atoms with van der Waals surface area (Å²) >= 11 is 6.77. The van der Waals surface area contributed by atoms with E-state index in [9.17, 15) is 0 Å². The van der Waals surface area contributed by atoms with Crippen molar-refractivity contribution in [2.75, 3.05) is 26.2 Å². The molecule has 1 aliphatic carbocycles. The Morgan fingerprint density at radius 2 is 1.88 bits per heavy atom. The van der Waals surface area contributed by atoms with E-state index in [2.05, 4.69) is 55.4 Å². The largest absolute Gasteiger partial charge is 0.370 e. The zero-order valence-corrected chi connectivity index (χ0v) is 20.9. The maximum atomic E-state index is 6.77. The molecule has 0 radical (unpaired) electrons. The van der Waals surface area contributed by atoms with Crippen LogP contribution in [0, 0.1) is 0 Å². The van der Waals surface area contributed by atoms with Crippen molar-refractivity contribution in [2.45, 2.75) is 71.6 Å². The summed E-state index contributed by atoms with van der Waals surface area (Å²) in [4.78, 5) is 7.38. The van der Waals surface area contributed by atoms with E-state index in [4.69, 9.17) is 16.6 Å². The van der Waals surface area contributed by atoms with Crippen LogP contribution in [-0.2, 0) is 12.8 Å². The van der Waals surface area contributed by atoms with E-state index < -0.39 is 0 Å². The van der Waals surface area contributed by atoms with E-state index in [-0.39, 0.29) is 0 Å². The van der Waals surface area contributed by atoms with Gasteiger partial charge in [0.05, 0.1) is 10.5 Å². The Bertz CT molecular complexity index is 934. The molecule has 3 nitrogen and oxygen atoms in total. The van der Waals surface area contributed by atoms with Crippen molar-refractivity contribution in [3.8, 4) is 0 Å². The Morgan fingerprint density at radius 3 is 2.66 bits per heavy atom. The lowest BCUT2D eigenvalue weighted by Gasteiger charge is -2.28. The molecule has 1 aromatic heterocycles. The first-order valence-electron chi connectivity index (χ1n) is 12.5. The Balaban J connectivity index is 1.74. The number of benzene rings is 1. The van der Waals surface area contributed by atoms with Crippen molar-refractivity contribution in [1.29, 1.82) is 0 Å². The molecule has 0 saturated heterocycles. The number of nitrogens with zero attached hydrogens (tertiary/aromatic N) is 2. The van der Waals surface area contributed by atoms with Crippen LogP contribution in [0.2, 0.25) is 5.02 Å². The maximum absolute atomic E-state index is 6.77. The number of fused-ring (bicyclic) bond motifs is 2. The van der Waals surface area contributed by atoms with Gasteiger partial charge in [-0.3, -0.25) is 4.98 Å². The highest BCUT2D eigenvalue weighted by molar-refractivity contribution is 6.36. The normalized spacial score (nSPS) is 13.2. The molecule has 1 heterocycles. The average molecular weight is 454 g/mol. The zero-order chi connectivity index (χ0) is 22.9. The van der Waals surface area contributed by atoms with Crippen LogP contribution >= 0.6 is 11.6 Å². The number of halogens is 1. The van der Waals surface area contributed by atoms with Gasteiger partial charge in [-0.15, -0.1) is 0 Å². The smallest absolute Gasteiger partial charge is 0.0726 e. The number of pyridine rings is 1. The zero-order valence-electron chi connectivity index (χ0n) is 20.1. The Hall–Kier alpha value is -1.84. The molecule has 4 heteroatoms. The summed E-state index contributed by atoms with van der Waals surface area (Å²) in [5.74, 6) is 0. The minimum Gasteiger partial charge on any atom is -0.370 e. The lowest BCUT2D eigenvalue weighted by atomic mass is 9.94. The molecule has 1 N–H and O–H groups in total. The van der Waals surface area contributed by atoms with Gasteiger partial charge in [0, 0.05) is 36.4 Å². The molecule has 174 valence electrons. The molecule has 32 heavy (non-hydrogen) atoms. The van der Waals surface area contributed by atoms with Gasteiger partial charge in [-0.25, -0.2) is 0 Å². The number of hydrogen-bond donors (Lipinski definition) is 1. The third-order valence-corrected chi connectivity index (χ3v) is 6.95. The van der Waals surface area contributed by atoms with Gasteiger partial charge in [0.25, 0.3) is 0 Å². The van der Waals surface area contributed by atoms with E-state index in [1.807, 2.05) is 0 Å². The van der Waals surface area contributed by atoms with Crippen LogP contribution in [0.1, 0.15) is 75.6 Å². The van der Waals surface area contributed by atoms with Crippen molar-refractivity contribution >= 4 is 28.1 Å². The van der Waals surface area contributed by atoms with Gasteiger partial charge in [-0.2, -0.15) is 0 Å². The highest BCUT2D eigenvalue weighted by atomic mass is 35.5. The molecule has 0 bridgehead atoms. The number of rotatable bonds is 13. The minimum absolute atomic E-state index is 0.794. The fraction of sp³-hybridized carbons (Fsp3) is 0.536. The van der Waals surface area contributed by atoms with Gasteiger partial charge in [0.2, 0.25) is 0 Å². The summed E-state index contributed by atoms with van der Waals surface area (Å²) in [6.45, 7) is 17.1. The van der Waals surface area contributed by atoms with Gasteiger partial charge in [-0.05, 0) is 74.3 Å². The molecule has 0 fully saturated rings. The summed E-state index contributed by atoms with van der Waals surface area (Å²) in [7, 11) is 0. The van der Waals surface area contributed by atoms with E-state index in [1.54, 1.807) is 0 Å². The molecular weight excluding hydrogens is 414 g/mol. The van der Waals surface area contributed by atoms with Gasteiger partial charge in [0.15, 0.2) is 0 Å². The summed E-state index contributed by atoms with van der Waals surface area (Å²) in [5.41, 5.74) is 6.89. The summed E-state index contributed by atoms with van der Waals surface area (Å²) < 4.78 is 0. The second kappa shape index (κ2) is 12.4. The third-order valence-electron chi connectivity index (χ3n) is 6.51. The number of unbranched alkanes of at least 4 members (excludes halogenated alkanes) is 2. The van der Waals surface area contributed by atoms with E-state index in [0.29, 0.717) is 0 Å². The van der Waals surface area contributed by atoms with E-state index in [1.165, 1.54) is 55.5 Å². The maximum Gasteiger partial charge on any atom is 0.0726 e.